The molecule has 4 rings (SSSR count). The highest BCUT2D eigenvalue weighted by Gasteiger charge is 2.28. The molecule has 178 valence electrons. The number of likely N-dealkylation sites (tertiary alicyclic amines) is 1. The molecular formula is C26H30N4O4. The molecule has 3 aromatic rings. The fourth-order valence-corrected chi connectivity index (χ4v) is 4.21. The van der Waals surface area contributed by atoms with Gasteiger partial charge in [0, 0.05) is 49.6 Å². The van der Waals surface area contributed by atoms with Gasteiger partial charge in [-0.15, -0.1) is 0 Å². The van der Waals surface area contributed by atoms with E-state index in [0.29, 0.717) is 56.1 Å². The van der Waals surface area contributed by atoms with Crippen LogP contribution in [0.3, 0.4) is 0 Å². The number of piperidine rings is 1. The summed E-state index contributed by atoms with van der Waals surface area (Å²) in [5.41, 5.74) is 2.71. The van der Waals surface area contributed by atoms with Crippen LogP contribution in [0.15, 0.2) is 60.9 Å². The molecule has 2 aromatic carbocycles. The number of nitrogens with zero attached hydrogens (tertiary/aromatic N) is 3. The standard InChI is InChI=1S/C26H30N4O4/c1-33-23-14-22(15-24(16-23)34-2)26(32)29-11-7-21(8-12-29)25(31)27-17-19-5-3-6-20(13-19)18-30-10-4-9-28-30/h3-6,9-10,13-16,21H,7-8,11-12,17-18H2,1-2H3,(H,27,31). The van der Waals surface area contributed by atoms with E-state index >= 15 is 0 Å². The van der Waals surface area contributed by atoms with E-state index < -0.39 is 0 Å². The van der Waals surface area contributed by atoms with Crippen LogP contribution in [0.5, 0.6) is 11.5 Å². The Bertz CT molecular complexity index is 1100. The van der Waals surface area contributed by atoms with Crippen molar-refractivity contribution in [2.75, 3.05) is 27.3 Å². The average Bonchev–Trinajstić information content (AvgIpc) is 3.39. The Hall–Kier alpha value is -3.81. The number of hydrogen-bond donors (Lipinski definition) is 1. The first-order chi connectivity index (χ1) is 16.6. The summed E-state index contributed by atoms with van der Waals surface area (Å²) in [4.78, 5) is 27.5. The zero-order valence-corrected chi connectivity index (χ0v) is 19.6. The Labute approximate surface area is 199 Å². The van der Waals surface area contributed by atoms with E-state index in [1.54, 1.807) is 43.5 Å². The topological polar surface area (TPSA) is 85.7 Å². The minimum atomic E-state index is -0.101. The van der Waals surface area contributed by atoms with Gasteiger partial charge in [-0.1, -0.05) is 24.3 Å². The monoisotopic (exact) mass is 462 g/mol. The molecule has 2 amide bonds. The molecular weight excluding hydrogens is 432 g/mol. The number of amides is 2. The summed E-state index contributed by atoms with van der Waals surface area (Å²) in [6, 6.07) is 15.2. The van der Waals surface area contributed by atoms with E-state index in [0.717, 1.165) is 11.1 Å². The Morgan fingerprint density at radius 3 is 2.35 bits per heavy atom. The van der Waals surface area contributed by atoms with Gasteiger partial charge in [0.25, 0.3) is 5.91 Å². The van der Waals surface area contributed by atoms with Crippen LogP contribution in [0.2, 0.25) is 0 Å². The lowest BCUT2D eigenvalue weighted by Crippen LogP contribution is -2.42. The molecule has 1 aliphatic rings. The first-order valence-electron chi connectivity index (χ1n) is 11.4. The molecule has 0 atom stereocenters. The molecule has 0 unspecified atom stereocenters. The minimum absolute atomic E-state index is 0.0348. The molecule has 34 heavy (non-hydrogen) atoms. The summed E-state index contributed by atoms with van der Waals surface area (Å²) < 4.78 is 12.4. The van der Waals surface area contributed by atoms with Crippen molar-refractivity contribution in [3.05, 3.63) is 77.6 Å². The number of nitrogens with one attached hydrogen (secondary N) is 1. The van der Waals surface area contributed by atoms with E-state index in [1.165, 1.54) is 0 Å². The molecule has 0 bridgehead atoms. The van der Waals surface area contributed by atoms with Crippen molar-refractivity contribution in [3.63, 3.8) is 0 Å². The summed E-state index contributed by atoms with van der Waals surface area (Å²) in [6.45, 7) is 2.25. The number of aromatic nitrogens is 2. The normalized spacial score (nSPS) is 14.0. The van der Waals surface area contributed by atoms with Crippen LogP contribution >= 0.6 is 0 Å². The lowest BCUT2D eigenvalue weighted by atomic mass is 9.95. The highest BCUT2D eigenvalue weighted by atomic mass is 16.5. The molecule has 1 aromatic heterocycles. The van der Waals surface area contributed by atoms with E-state index in [1.807, 2.05) is 29.1 Å². The van der Waals surface area contributed by atoms with Gasteiger partial charge in [0.15, 0.2) is 0 Å². The first kappa shape index (κ1) is 23.4. The number of hydrogen-bond acceptors (Lipinski definition) is 5. The van der Waals surface area contributed by atoms with Gasteiger partial charge >= 0.3 is 0 Å². The molecule has 0 spiro atoms. The number of rotatable bonds is 8. The Kier molecular flexibility index (Phi) is 7.47. The second-order valence-electron chi connectivity index (χ2n) is 8.41. The molecule has 0 radical (unpaired) electrons. The van der Waals surface area contributed by atoms with Gasteiger partial charge in [-0.2, -0.15) is 5.10 Å². The van der Waals surface area contributed by atoms with Gasteiger partial charge in [-0.3, -0.25) is 14.3 Å². The van der Waals surface area contributed by atoms with Crippen LogP contribution in [-0.2, 0) is 17.9 Å². The van der Waals surface area contributed by atoms with Gasteiger partial charge in [0.2, 0.25) is 5.91 Å². The van der Waals surface area contributed by atoms with E-state index in [4.69, 9.17) is 9.47 Å². The van der Waals surface area contributed by atoms with Gasteiger partial charge in [-0.25, -0.2) is 0 Å². The largest absolute Gasteiger partial charge is 0.497 e. The molecule has 1 fully saturated rings. The fraction of sp³-hybridized carbons (Fsp3) is 0.346. The molecule has 8 heteroatoms. The Morgan fingerprint density at radius 1 is 1.00 bits per heavy atom. The predicted octanol–water partition coefficient (Wildman–Crippen LogP) is 3.12. The second-order valence-corrected chi connectivity index (χ2v) is 8.41. The van der Waals surface area contributed by atoms with E-state index in [9.17, 15) is 9.59 Å². The van der Waals surface area contributed by atoms with Gasteiger partial charge < -0.3 is 19.7 Å². The number of benzene rings is 2. The summed E-state index contributed by atoms with van der Waals surface area (Å²) in [5.74, 6) is 1.00. The zero-order chi connectivity index (χ0) is 23.9. The summed E-state index contributed by atoms with van der Waals surface area (Å²) in [6.07, 6.45) is 4.96. The van der Waals surface area contributed by atoms with Crippen molar-refractivity contribution < 1.29 is 19.1 Å². The van der Waals surface area contributed by atoms with Gasteiger partial charge in [0.1, 0.15) is 11.5 Å². The molecule has 1 aliphatic heterocycles. The van der Waals surface area contributed by atoms with Crippen molar-refractivity contribution in [2.24, 2.45) is 5.92 Å². The van der Waals surface area contributed by atoms with Crippen LogP contribution in [0.25, 0.3) is 0 Å². The third kappa shape index (κ3) is 5.75. The van der Waals surface area contributed by atoms with Crippen LogP contribution < -0.4 is 14.8 Å². The van der Waals surface area contributed by atoms with Crippen molar-refractivity contribution in [3.8, 4) is 11.5 Å². The first-order valence-corrected chi connectivity index (χ1v) is 11.4. The van der Waals surface area contributed by atoms with Crippen molar-refractivity contribution in [1.82, 2.24) is 20.0 Å². The summed E-state index contributed by atoms with van der Waals surface area (Å²) in [5, 5.41) is 7.30. The second kappa shape index (κ2) is 10.9. The fourth-order valence-electron chi connectivity index (χ4n) is 4.21. The highest BCUT2D eigenvalue weighted by Crippen LogP contribution is 2.25. The van der Waals surface area contributed by atoms with Crippen molar-refractivity contribution in [1.29, 1.82) is 0 Å². The molecule has 0 saturated carbocycles. The smallest absolute Gasteiger partial charge is 0.254 e. The maximum atomic E-state index is 13.0. The van der Waals surface area contributed by atoms with Crippen LogP contribution in [-0.4, -0.2) is 53.8 Å². The summed E-state index contributed by atoms with van der Waals surface area (Å²) in [7, 11) is 3.12. The third-order valence-electron chi connectivity index (χ3n) is 6.11. The lowest BCUT2D eigenvalue weighted by Gasteiger charge is -2.31. The molecule has 0 aliphatic carbocycles. The lowest BCUT2D eigenvalue weighted by molar-refractivity contribution is -0.126. The Balaban J connectivity index is 1.28. The minimum Gasteiger partial charge on any atom is -0.497 e. The number of carbonyl (C=O) groups excluding carboxylic acids is 2. The molecule has 1 N–H and O–H groups in total. The maximum absolute atomic E-state index is 13.0. The molecule has 1 saturated heterocycles. The van der Waals surface area contributed by atoms with Crippen molar-refractivity contribution in [2.45, 2.75) is 25.9 Å². The highest BCUT2D eigenvalue weighted by molar-refractivity contribution is 5.95. The number of methoxy groups -OCH3 is 2. The van der Waals surface area contributed by atoms with Gasteiger partial charge in [-0.05, 0) is 42.2 Å². The van der Waals surface area contributed by atoms with Crippen LogP contribution in [0, 0.1) is 5.92 Å². The van der Waals surface area contributed by atoms with Crippen molar-refractivity contribution >= 4 is 11.8 Å². The third-order valence-corrected chi connectivity index (χ3v) is 6.11. The van der Waals surface area contributed by atoms with E-state index in [-0.39, 0.29) is 17.7 Å². The molecule has 8 nitrogen and oxygen atoms in total. The predicted molar refractivity (Wildman–Crippen MR) is 128 cm³/mol. The summed E-state index contributed by atoms with van der Waals surface area (Å²) >= 11 is 0. The van der Waals surface area contributed by atoms with E-state index in [2.05, 4.69) is 22.5 Å². The van der Waals surface area contributed by atoms with Crippen LogP contribution in [0.1, 0.15) is 34.3 Å². The zero-order valence-electron chi connectivity index (χ0n) is 19.6. The quantitative estimate of drug-likeness (QED) is 0.556. The Morgan fingerprint density at radius 2 is 1.71 bits per heavy atom. The van der Waals surface area contributed by atoms with Crippen LogP contribution in [0.4, 0.5) is 0 Å². The number of carbonyl (C=O) groups is 2. The average molecular weight is 463 g/mol. The SMILES string of the molecule is COc1cc(OC)cc(C(=O)N2CCC(C(=O)NCc3cccc(Cn4cccn4)c3)CC2)c1. The number of ether oxygens (including phenoxy) is 2. The molecule has 2 heterocycles. The van der Waals surface area contributed by atoms with Gasteiger partial charge in [0.05, 0.1) is 20.8 Å². The maximum Gasteiger partial charge on any atom is 0.254 e.